The van der Waals surface area contributed by atoms with Crippen LogP contribution in [0, 0.1) is 0 Å². The van der Waals surface area contributed by atoms with Crippen molar-refractivity contribution in [3.63, 3.8) is 0 Å². The summed E-state index contributed by atoms with van der Waals surface area (Å²) < 4.78 is 5.97. The molecule has 0 spiro atoms. The molecule has 0 saturated carbocycles. The van der Waals surface area contributed by atoms with Gasteiger partial charge in [-0.3, -0.25) is 10.1 Å². The Labute approximate surface area is 209 Å². The molecule has 174 valence electrons. The molecule has 0 unspecified atom stereocenters. The zero-order valence-electron chi connectivity index (χ0n) is 19.5. The van der Waals surface area contributed by atoms with Crippen molar-refractivity contribution >= 4 is 50.8 Å². The average Bonchev–Trinajstić information content (AvgIpc) is 3.31. The molecule has 0 aliphatic carbocycles. The van der Waals surface area contributed by atoms with Gasteiger partial charge in [0.05, 0.1) is 0 Å². The molecule has 1 aromatic heterocycles. The van der Waals surface area contributed by atoms with Crippen molar-refractivity contribution in [3.05, 3.63) is 96.1 Å². The van der Waals surface area contributed by atoms with Crippen molar-refractivity contribution in [2.75, 3.05) is 5.32 Å². The summed E-state index contributed by atoms with van der Waals surface area (Å²) in [5, 5.41) is 7.96. The summed E-state index contributed by atoms with van der Waals surface area (Å²) in [6.45, 7) is 4.39. The van der Waals surface area contributed by atoms with Gasteiger partial charge < -0.3 is 9.73 Å². The van der Waals surface area contributed by atoms with Crippen molar-refractivity contribution in [1.29, 1.82) is 0 Å². The van der Waals surface area contributed by atoms with E-state index in [1.807, 2.05) is 66.7 Å². The lowest BCUT2D eigenvalue weighted by molar-refractivity contribution is 0.0979. The van der Waals surface area contributed by atoms with Gasteiger partial charge in [0.15, 0.2) is 10.7 Å². The van der Waals surface area contributed by atoms with Crippen LogP contribution in [-0.2, 0) is 0 Å². The third kappa shape index (κ3) is 4.79. The Morgan fingerprint density at radius 3 is 2.57 bits per heavy atom. The second-order valence-electron chi connectivity index (χ2n) is 8.57. The molecule has 1 heterocycles. The SMILES string of the molecule is CC[C@@H](C)c1ccc2oc(-c3ccc(NC(=S)NC(=O)c4cccc5ccccc45)cc3)nc2c1. The zero-order chi connectivity index (χ0) is 24.4. The van der Waals surface area contributed by atoms with Gasteiger partial charge in [0.1, 0.15) is 5.52 Å². The number of carbonyl (C=O) groups is 1. The van der Waals surface area contributed by atoms with Crippen molar-refractivity contribution in [2.24, 2.45) is 0 Å². The second kappa shape index (κ2) is 9.68. The molecule has 5 aromatic rings. The molecule has 1 amide bonds. The molecule has 0 radical (unpaired) electrons. The molecule has 35 heavy (non-hydrogen) atoms. The first-order valence-corrected chi connectivity index (χ1v) is 12.0. The van der Waals surface area contributed by atoms with E-state index < -0.39 is 0 Å². The first-order chi connectivity index (χ1) is 17.0. The highest BCUT2D eigenvalue weighted by atomic mass is 32.1. The number of hydrogen-bond acceptors (Lipinski definition) is 4. The number of carbonyl (C=O) groups excluding carboxylic acids is 1. The highest BCUT2D eigenvalue weighted by Gasteiger charge is 2.13. The van der Waals surface area contributed by atoms with Crippen molar-refractivity contribution < 1.29 is 9.21 Å². The molecule has 0 aliphatic rings. The lowest BCUT2D eigenvalue weighted by Crippen LogP contribution is -2.34. The number of hydrogen-bond donors (Lipinski definition) is 2. The summed E-state index contributed by atoms with van der Waals surface area (Å²) in [6, 6.07) is 27.2. The highest BCUT2D eigenvalue weighted by molar-refractivity contribution is 7.80. The Kier molecular flexibility index (Phi) is 6.29. The maximum Gasteiger partial charge on any atom is 0.258 e. The fourth-order valence-electron chi connectivity index (χ4n) is 4.06. The molecular weight excluding hydrogens is 454 g/mol. The van der Waals surface area contributed by atoms with Crippen LogP contribution in [0.4, 0.5) is 5.69 Å². The number of aromatic nitrogens is 1. The summed E-state index contributed by atoms with van der Waals surface area (Å²) in [5.41, 5.74) is 5.09. The molecule has 0 fully saturated rings. The largest absolute Gasteiger partial charge is 0.436 e. The average molecular weight is 480 g/mol. The smallest absolute Gasteiger partial charge is 0.258 e. The van der Waals surface area contributed by atoms with Gasteiger partial charge in [0, 0.05) is 16.8 Å². The van der Waals surface area contributed by atoms with E-state index in [4.69, 9.17) is 16.6 Å². The molecular formula is C29H25N3O2S. The van der Waals surface area contributed by atoms with E-state index in [1.165, 1.54) is 5.56 Å². The van der Waals surface area contributed by atoms with Gasteiger partial charge in [-0.1, -0.05) is 56.3 Å². The van der Waals surface area contributed by atoms with Gasteiger partial charge in [-0.25, -0.2) is 4.98 Å². The number of fused-ring (bicyclic) bond motifs is 2. The fourth-order valence-corrected chi connectivity index (χ4v) is 4.27. The van der Waals surface area contributed by atoms with Crippen LogP contribution < -0.4 is 10.6 Å². The lowest BCUT2D eigenvalue weighted by atomic mass is 9.98. The van der Waals surface area contributed by atoms with Gasteiger partial charge >= 0.3 is 0 Å². The van der Waals surface area contributed by atoms with Gasteiger partial charge in [-0.05, 0) is 83.4 Å². The third-order valence-electron chi connectivity index (χ3n) is 6.24. The van der Waals surface area contributed by atoms with Crippen molar-refractivity contribution in [3.8, 4) is 11.5 Å². The molecule has 5 rings (SSSR count). The van der Waals surface area contributed by atoms with Crippen LogP contribution in [0.15, 0.2) is 89.3 Å². The van der Waals surface area contributed by atoms with E-state index in [2.05, 4.69) is 41.6 Å². The number of benzene rings is 4. The molecule has 0 bridgehead atoms. The van der Waals surface area contributed by atoms with Crippen LogP contribution in [-0.4, -0.2) is 16.0 Å². The fraction of sp³-hybridized carbons (Fsp3) is 0.138. The number of rotatable bonds is 5. The minimum absolute atomic E-state index is 0.232. The number of nitrogens with one attached hydrogen (secondary N) is 2. The van der Waals surface area contributed by atoms with Crippen LogP contribution in [0.5, 0.6) is 0 Å². The van der Waals surface area contributed by atoms with E-state index in [-0.39, 0.29) is 11.0 Å². The van der Waals surface area contributed by atoms with Gasteiger partial charge in [-0.15, -0.1) is 0 Å². The van der Waals surface area contributed by atoms with E-state index >= 15 is 0 Å². The molecule has 6 heteroatoms. The summed E-state index contributed by atoms with van der Waals surface area (Å²) in [7, 11) is 0. The Hall–Kier alpha value is -4.03. The lowest BCUT2D eigenvalue weighted by Gasteiger charge is -2.11. The molecule has 1 atom stereocenters. The molecule has 2 N–H and O–H groups in total. The van der Waals surface area contributed by atoms with Crippen LogP contribution in [0.3, 0.4) is 0 Å². The Morgan fingerprint density at radius 2 is 1.77 bits per heavy atom. The summed E-state index contributed by atoms with van der Waals surface area (Å²) >= 11 is 5.37. The normalized spacial score (nSPS) is 11.9. The van der Waals surface area contributed by atoms with Gasteiger partial charge in [0.2, 0.25) is 5.89 Å². The molecule has 4 aromatic carbocycles. The number of anilines is 1. The second-order valence-corrected chi connectivity index (χ2v) is 8.98. The standard InChI is InChI=1S/C29H25N3O2S/c1-3-18(2)21-13-16-26-25(17-21)31-28(34-26)20-11-14-22(15-12-20)30-29(35)32-27(33)24-10-6-8-19-7-4-5-9-23(19)24/h4-18H,3H2,1-2H3,(H2,30,32,33,35)/t18-/m1/s1. The predicted octanol–water partition coefficient (Wildman–Crippen LogP) is 7.29. The van der Waals surface area contributed by atoms with Gasteiger partial charge in [-0.2, -0.15) is 0 Å². The monoisotopic (exact) mass is 479 g/mol. The first kappa shape index (κ1) is 22.7. The maximum absolute atomic E-state index is 12.8. The highest BCUT2D eigenvalue weighted by Crippen LogP contribution is 2.28. The predicted molar refractivity (Wildman–Crippen MR) is 146 cm³/mol. The van der Waals surface area contributed by atoms with Crippen molar-refractivity contribution in [2.45, 2.75) is 26.2 Å². The van der Waals surface area contributed by atoms with E-state index in [0.717, 1.165) is 39.5 Å². The first-order valence-electron chi connectivity index (χ1n) is 11.6. The zero-order valence-corrected chi connectivity index (χ0v) is 20.4. The topological polar surface area (TPSA) is 67.2 Å². The van der Waals surface area contributed by atoms with Crippen LogP contribution in [0.25, 0.3) is 33.3 Å². The van der Waals surface area contributed by atoms with Crippen LogP contribution >= 0.6 is 12.2 Å². The Bertz CT molecular complexity index is 1530. The number of oxazole rings is 1. The minimum Gasteiger partial charge on any atom is -0.436 e. The molecule has 5 nitrogen and oxygen atoms in total. The van der Waals surface area contributed by atoms with E-state index in [9.17, 15) is 4.79 Å². The van der Waals surface area contributed by atoms with Gasteiger partial charge in [0.25, 0.3) is 5.91 Å². The quantitative estimate of drug-likeness (QED) is 0.259. The van der Waals surface area contributed by atoms with Crippen LogP contribution in [0.1, 0.15) is 42.1 Å². The summed E-state index contributed by atoms with van der Waals surface area (Å²) in [4.78, 5) is 17.5. The molecule has 0 saturated heterocycles. The van der Waals surface area contributed by atoms with Crippen molar-refractivity contribution in [1.82, 2.24) is 10.3 Å². The Balaban J connectivity index is 1.27. The van der Waals surface area contributed by atoms with E-state index in [0.29, 0.717) is 17.4 Å². The summed E-state index contributed by atoms with van der Waals surface area (Å²) in [5.74, 6) is 0.800. The number of nitrogens with zero attached hydrogens (tertiary/aromatic N) is 1. The molecule has 0 aliphatic heterocycles. The third-order valence-corrected chi connectivity index (χ3v) is 6.45. The minimum atomic E-state index is -0.251. The number of thiocarbonyl (C=S) groups is 1. The van der Waals surface area contributed by atoms with E-state index in [1.54, 1.807) is 6.07 Å². The Morgan fingerprint density at radius 1 is 1.00 bits per heavy atom. The maximum atomic E-state index is 12.8. The van der Waals surface area contributed by atoms with Crippen LogP contribution in [0.2, 0.25) is 0 Å². The summed E-state index contributed by atoms with van der Waals surface area (Å²) in [6.07, 6.45) is 1.08. The number of amides is 1.